The minimum Gasteiger partial charge on any atom is -0.497 e. The number of hydrogen-bond donors (Lipinski definition) is 4. The lowest BCUT2D eigenvalue weighted by molar-refractivity contribution is -0.154. The number of carbonyl (C=O) groups excluding carboxylic acids is 1. The highest BCUT2D eigenvalue weighted by Gasteiger charge is 2.21. The molecule has 0 saturated carbocycles. The van der Waals surface area contributed by atoms with Crippen LogP contribution in [0.3, 0.4) is 0 Å². The molecule has 1 aliphatic heterocycles. The van der Waals surface area contributed by atoms with E-state index < -0.39 is 5.60 Å². The Balaban J connectivity index is 1.36. The monoisotopic (exact) mass is 440 g/mol. The first-order valence-corrected chi connectivity index (χ1v) is 11.2. The predicted octanol–water partition coefficient (Wildman–Crippen LogP) is 3.19. The molecule has 1 heterocycles. The van der Waals surface area contributed by atoms with Crippen molar-refractivity contribution in [2.24, 2.45) is 0 Å². The van der Waals surface area contributed by atoms with Gasteiger partial charge in [-0.3, -0.25) is 15.4 Å². The fourth-order valence-corrected chi connectivity index (χ4v) is 3.58. The van der Waals surface area contributed by atoms with Gasteiger partial charge in [-0.1, -0.05) is 24.3 Å². The molecule has 3 rings (SSSR count). The number of anilines is 1. The first kappa shape index (κ1) is 24.0. The second-order valence-corrected chi connectivity index (χ2v) is 9.07. The molecule has 32 heavy (non-hydrogen) atoms. The number of ether oxygens (including phenoxy) is 2. The zero-order valence-electron chi connectivity index (χ0n) is 19.5. The van der Waals surface area contributed by atoms with E-state index >= 15 is 0 Å². The van der Waals surface area contributed by atoms with Crippen LogP contribution in [0.25, 0.3) is 0 Å². The van der Waals surface area contributed by atoms with E-state index in [2.05, 4.69) is 57.7 Å². The Kier molecular flexibility index (Phi) is 8.50. The van der Waals surface area contributed by atoms with Crippen LogP contribution in [-0.2, 0) is 16.1 Å². The zero-order chi connectivity index (χ0) is 23.0. The Morgan fingerprint density at radius 3 is 2.28 bits per heavy atom. The standard InChI is InChI=1S/C25H36N4O3/c1-25(2,3)32-23(30)13-14-26-15-18-5-9-21(10-6-18)29-24-27-16-20(17-28-24)19-7-11-22(31-4)12-8-19/h5-12,20,24,26-29H,13-17H2,1-4H3. The summed E-state index contributed by atoms with van der Waals surface area (Å²) in [5.74, 6) is 1.13. The Morgan fingerprint density at radius 2 is 1.69 bits per heavy atom. The molecule has 0 radical (unpaired) electrons. The highest BCUT2D eigenvalue weighted by atomic mass is 16.6. The van der Waals surface area contributed by atoms with Crippen molar-refractivity contribution in [3.8, 4) is 5.75 Å². The van der Waals surface area contributed by atoms with Crippen molar-refractivity contribution >= 4 is 11.7 Å². The number of hydrogen-bond acceptors (Lipinski definition) is 7. The Labute approximate surface area is 191 Å². The molecule has 1 fully saturated rings. The van der Waals surface area contributed by atoms with E-state index in [1.807, 2.05) is 32.9 Å². The summed E-state index contributed by atoms with van der Waals surface area (Å²) in [6.45, 7) is 8.75. The topological polar surface area (TPSA) is 83.7 Å². The molecule has 2 aromatic rings. The maximum absolute atomic E-state index is 11.7. The highest BCUT2D eigenvalue weighted by Crippen LogP contribution is 2.20. The van der Waals surface area contributed by atoms with Gasteiger partial charge in [0.25, 0.3) is 0 Å². The van der Waals surface area contributed by atoms with Crippen LogP contribution in [0.15, 0.2) is 48.5 Å². The summed E-state index contributed by atoms with van der Waals surface area (Å²) in [6, 6.07) is 16.6. The summed E-state index contributed by atoms with van der Waals surface area (Å²) < 4.78 is 10.6. The quantitative estimate of drug-likeness (QED) is 0.352. The molecule has 0 bridgehead atoms. The molecule has 0 aromatic heterocycles. The Morgan fingerprint density at radius 1 is 1.03 bits per heavy atom. The average molecular weight is 441 g/mol. The molecule has 0 aliphatic carbocycles. The number of nitrogens with one attached hydrogen (secondary N) is 4. The first-order valence-electron chi connectivity index (χ1n) is 11.2. The summed E-state index contributed by atoms with van der Waals surface area (Å²) in [6.07, 6.45) is 0.398. The molecule has 2 aromatic carbocycles. The zero-order valence-corrected chi connectivity index (χ0v) is 19.5. The van der Waals surface area contributed by atoms with Gasteiger partial charge in [0.05, 0.1) is 13.5 Å². The van der Waals surface area contributed by atoms with Gasteiger partial charge in [0.1, 0.15) is 17.6 Å². The van der Waals surface area contributed by atoms with E-state index in [4.69, 9.17) is 9.47 Å². The number of methoxy groups -OCH3 is 1. The molecule has 7 nitrogen and oxygen atoms in total. The van der Waals surface area contributed by atoms with Crippen LogP contribution in [-0.4, -0.2) is 44.6 Å². The lowest BCUT2D eigenvalue weighted by Crippen LogP contribution is -2.55. The minimum absolute atomic E-state index is 0.0299. The molecular weight excluding hydrogens is 404 g/mol. The molecule has 7 heteroatoms. The van der Waals surface area contributed by atoms with Gasteiger partial charge < -0.3 is 20.1 Å². The molecule has 1 aliphatic rings. The van der Waals surface area contributed by atoms with Gasteiger partial charge in [0.15, 0.2) is 0 Å². The largest absolute Gasteiger partial charge is 0.497 e. The van der Waals surface area contributed by atoms with Crippen LogP contribution in [0, 0.1) is 0 Å². The van der Waals surface area contributed by atoms with E-state index in [9.17, 15) is 4.79 Å². The van der Waals surface area contributed by atoms with Gasteiger partial charge in [-0.2, -0.15) is 0 Å². The lowest BCUT2D eigenvalue weighted by Gasteiger charge is -2.32. The average Bonchev–Trinajstić information content (AvgIpc) is 2.77. The molecule has 0 spiro atoms. The van der Waals surface area contributed by atoms with Crippen molar-refractivity contribution in [1.82, 2.24) is 16.0 Å². The summed E-state index contributed by atoms with van der Waals surface area (Å²) in [5.41, 5.74) is 3.09. The van der Waals surface area contributed by atoms with Gasteiger partial charge >= 0.3 is 5.97 Å². The summed E-state index contributed by atoms with van der Waals surface area (Å²) in [7, 11) is 1.69. The molecule has 0 atom stereocenters. The van der Waals surface area contributed by atoms with E-state index in [1.165, 1.54) is 11.1 Å². The normalized spacial score (nSPS) is 18.8. The third kappa shape index (κ3) is 7.82. The van der Waals surface area contributed by atoms with Crippen LogP contribution >= 0.6 is 0 Å². The van der Waals surface area contributed by atoms with Crippen molar-refractivity contribution in [2.75, 3.05) is 32.1 Å². The Bertz CT molecular complexity index is 839. The van der Waals surface area contributed by atoms with E-state index in [0.717, 1.165) is 24.5 Å². The third-order valence-electron chi connectivity index (χ3n) is 5.24. The molecule has 0 amide bonds. The maximum Gasteiger partial charge on any atom is 0.307 e. The van der Waals surface area contributed by atoms with Crippen LogP contribution < -0.4 is 26.0 Å². The van der Waals surface area contributed by atoms with Crippen LogP contribution in [0.5, 0.6) is 5.75 Å². The van der Waals surface area contributed by atoms with Gasteiger partial charge in [0, 0.05) is 37.8 Å². The van der Waals surface area contributed by atoms with Gasteiger partial charge in [0.2, 0.25) is 0 Å². The summed E-state index contributed by atoms with van der Waals surface area (Å²) >= 11 is 0. The number of rotatable bonds is 9. The SMILES string of the molecule is COc1ccc(C2CNC(Nc3ccc(CNCCC(=O)OC(C)(C)C)cc3)NC2)cc1. The van der Waals surface area contributed by atoms with Crippen LogP contribution in [0.4, 0.5) is 5.69 Å². The van der Waals surface area contributed by atoms with Gasteiger partial charge in [-0.25, -0.2) is 0 Å². The fraction of sp³-hybridized carbons (Fsp3) is 0.480. The molecule has 174 valence electrons. The summed E-state index contributed by atoms with van der Waals surface area (Å²) in [5, 5.41) is 13.8. The molecule has 0 unspecified atom stereocenters. The van der Waals surface area contributed by atoms with Crippen molar-refractivity contribution < 1.29 is 14.3 Å². The van der Waals surface area contributed by atoms with Crippen molar-refractivity contribution in [3.63, 3.8) is 0 Å². The molecule has 4 N–H and O–H groups in total. The molecular formula is C25H36N4O3. The van der Waals surface area contributed by atoms with E-state index in [0.29, 0.717) is 25.4 Å². The van der Waals surface area contributed by atoms with Crippen molar-refractivity contribution in [3.05, 3.63) is 59.7 Å². The number of carbonyl (C=O) groups is 1. The third-order valence-corrected chi connectivity index (χ3v) is 5.24. The second kappa shape index (κ2) is 11.3. The fourth-order valence-electron chi connectivity index (χ4n) is 3.58. The predicted molar refractivity (Wildman–Crippen MR) is 128 cm³/mol. The van der Waals surface area contributed by atoms with Crippen molar-refractivity contribution in [1.29, 1.82) is 0 Å². The highest BCUT2D eigenvalue weighted by molar-refractivity contribution is 5.70. The number of benzene rings is 2. The minimum atomic E-state index is -0.432. The second-order valence-electron chi connectivity index (χ2n) is 9.07. The van der Waals surface area contributed by atoms with Gasteiger partial charge in [-0.05, 0) is 56.2 Å². The maximum atomic E-state index is 11.7. The number of esters is 1. The first-order chi connectivity index (χ1) is 15.3. The lowest BCUT2D eigenvalue weighted by atomic mass is 9.97. The van der Waals surface area contributed by atoms with E-state index in [1.54, 1.807) is 7.11 Å². The van der Waals surface area contributed by atoms with E-state index in [-0.39, 0.29) is 12.3 Å². The van der Waals surface area contributed by atoms with Crippen LogP contribution in [0.2, 0.25) is 0 Å². The summed E-state index contributed by atoms with van der Waals surface area (Å²) in [4.78, 5) is 11.7. The molecule has 1 saturated heterocycles. The van der Waals surface area contributed by atoms with Crippen molar-refractivity contribution in [2.45, 2.75) is 51.5 Å². The van der Waals surface area contributed by atoms with Gasteiger partial charge in [-0.15, -0.1) is 0 Å². The van der Waals surface area contributed by atoms with Crippen LogP contribution in [0.1, 0.15) is 44.2 Å². The Hall–Kier alpha value is -2.61. The smallest absolute Gasteiger partial charge is 0.307 e.